The molecule has 180 valence electrons. The van der Waals surface area contributed by atoms with Crippen LogP contribution in [-0.4, -0.2) is 33.1 Å². The van der Waals surface area contributed by atoms with Gasteiger partial charge in [0.05, 0.1) is 29.5 Å². The van der Waals surface area contributed by atoms with Gasteiger partial charge < -0.3 is 21.5 Å². The summed E-state index contributed by atoms with van der Waals surface area (Å²) in [5.74, 6) is 0.547. The van der Waals surface area contributed by atoms with Gasteiger partial charge in [0.15, 0.2) is 5.82 Å². The molecule has 2 aromatic heterocycles. The Morgan fingerprint density at radius 1 is 1.29 bits per heavy atom. The lowest BCUT2D eigenvalue weighted by Crippen LogP contribution is -2.45. The lowest BCUT2D eigenvalue weighted by Gasteiger charge is -2.42. The van der Waals surface area contributed by atoms with Crippen molar-refractivity contribution in [2.75, 3.05) is 23.7 Å². The zero-order chi connectivity index (χ0) is 24.7. The molecule has 1 aromatic carbocycles. The number of aromatic nitrogens is 3. The molecule has 5 rings (SSSR count). The Morgan fingerprint density at radius 2 is 2.06 bits per heavy atom. The highest BCUT2D eigenvalue weighted by Crippen LogP contribution is 2.52. The fraction of sp³-hybridized carbons (Fsp3) is 0.333. The molecule has 1 spiro atoms. The van der Waals surface area contributed by atoms with E-state index >= 15 is 0 Å². The number of aliphatic hydroxyl groups is 1. The average molecular weight is 512 g/mol. The summed E-state index contributed by atoms with van der Waals surface area (Å²) in [6, 6.07) is 6.37. The summed E-state index contributed by atoms with van der Waals surface area (Å²) >= 11 is 7.53. The Bertz CT molecular complexity index is 1340. The maximum absolute atomic E-state index is 14.6. The molecule has 0 saturated carbocycles. The highest BCUT2D eigenvalue weighted by atomic mass is 35.5. The minimum Gasteiger partial charge on any atom is -0.390 e. The number of nitrogens with two attached hydrogens (primary N) is 2. The monoisotopic (exact) mass is 511 g/mol. The molecule has 3 heterocycles. The third kappa shape index (κ3) is 4.08. The van der Waals surface area contributed by atoms with E-state index in [1.807, 2.05) is 0 Å². The Balaban J connectivity index is 1.35. The maximum Gasteiger partial charge on any atom is 0.152 e. The number of fused-ring (bicyclic) bond motifs is 1. The second kappa shape index (κ2) is 9.24. The summed E-state index contributed by atoms with van der Waals surface area (Å²) < 4.78 is 14.6. The highest BCUT2D eigenvalue weighted by Gasteiger charge is 2.48. The van der Waals surface area contributed by atoms with E-state index in [0.29, 0.717) is 75.5 Å². The van der Waals surface area contributed by atoms with Crippen molar-refractivity contribution in [1.82, 2.24) is 15.0 Å². The lowest BCUT2D eigenvalue weighted by atomic mass is 9.73. The second-order valence-electron chi connectivity index (χ2n) is 8.85. The molecule has 5 N–H and O–H groups in total. The van der Waals surface area contributed by atoms with Gasteiger partial charge in [0, 0.05) is 30.2 Å². The van der Waals surface area contributed by atoms with Gasteiger partial charge in [-0.1, -0.05) is 23.4 Å². The molecular weight excluding hydrogens is 489 g/mol. The summed E-state index contributed by atoms with van der Waals surface area (Å²) in [5, 5.41) is 20.4. The number of hydrogen-bond acceptors (Lipinski definition) is 9. The van der Waals surface area contributed by atoms with Crippen LogP contribution in [0.4, 0.5) is 16.0 Å². The predicted molar refractivity (Wildman–Crippen MR) is 131 cm³/mol. The van der Waals surface area contributed by atoms with E-state index < -0.39 is 6.04 Å². The number of piperidine rings is 1. The van der Waals surface area contributed by atoms with Crippen molar-refractivity contribution in [3.63, 3.8) is 0 Å². The van der Waals surface area contributed by atoms with Crippen molar-refractivity contribution in [2.45, 2.75) is 41.8 Å². The van der Waals surface area contributed by atoms with E-state index in [4.69, 9.17) is 23.1 Å². The molecule has 1 aliphatic heterocycles. The minimum absolute atomic E-state index is 0.236. The molecule has 1 atom stereocenters. The van der Waals surface area contributed by atoms with Crippen LogP contribution in [0.25, 0.3) is 0 Å². The van der Waals surface area contributed by atoms with E-state index in [1.54, 1.807) is 18.5 Å². The van der Waals surface area contributed by atoms with E-state index in [1.165, 1.54) is 23.9 Å². The first-order valence-corrected chi connectivity index (χ1v) is 12.3. The Morgan fingerprint density at radius 3 is 2.77 bits per heavy atom. The largest absolute Gasteiger partial charge is 0.390 e. The standard InChI is InChI=1S/C24H23ClFN7OS/c25-20-17(3-6-30-22(20)29)35-18-11-31-23(16(12-34)32-18)33-7-4-24(5-8-33)9-14-15(26)2-1-13(10-27)19(14)21(24)28/h1-3,6,11,21,34H,4-5,7-9,12,28H2,(H2,29,30)/t21-/m1/s1. The molecule has 8 nitrogen and oxygen atoms in total. The number of hydrogen-bond donors (Lipinski definition) is 3. The molecule has 0 radical (unpaired) electrons. The minimum atomic E-state index is -0.398. The van der Waals surface area contributed by atoms with Crippen molar-refractivity contribution < 1.29 is 9.50 Å². The topological polar surface area (TPSA) is 138 Å². The van der Waals surface area contributed by atoms with Crippen LogP contribution >= 0.6 is 23.4 Å². The number of aliphatic hydroxyl groups excluding tert-OH is 1. The zero-order valence-corrected chi connectivity index (χ0v) is 20.3. The molecule has 1 aliphatic carbocycles. The number of anilines is 2. The molecule has 0 bridgehead atoms. The third-order valence-corrected chi connectivity index (χ3v) is 8.50. The van der Waals surface area contributed by atoms with Gasteiger partial charge in [-0.05, 0) is 54.0 Å². The van der Waals surface area contributed by atoms with Gasteiger partial charge >= 0.3 is 0 Å². The van der Waals surface area contributed by atoms with Crippen LogP contribution in [0.3, 0.4) is 0 Å². The van der Waals surface area contributed by atoms with Crippen LogP contribution in [0.1, 0.15) is 41.3 Å². The van der Waals surface area contributed by atoms with Crippen LogP contribution in [0, 0.1) is 22.6 Å². The summed E-state index contributed by atoms with van der Waals surface area (Å²) in [4.78, 5) is 15.9. The molecule has 1 saturated heterocycles. The summed E-state index contributed by atoms with van der Waals surface area (Å²) in [6.07, 6.45) is 5.15. The van der Waals surface area contributed by atoms with Gasteiger partial charge in [-0.3, -0.25) is 0 Å². The molecule has 2 aliphatic rings. The van der Waals surface area contributed by atoms with Gasteiger partial charge in [0.25, 0.3) is 0 Å². The quantitative estimate of drug-likeness (QED) is 0.479. The molecule has 3 aromatic rings. The number of pyridine rings is 1. The fourth-order valence-corrected chi connectivity index (χ4v) is 6.18. The smallest absolute Gasteiger partial charge is 0.152 e. The first-order chi connectivity index (χ1) is 16.9. The van der Waals surface area contributed by atoms with Gasteiger partial charge in [0.1, 0.15) is 22.4 Å². The van der Waals surface area contributed by atoms with E-state index in [9.17, 15) is 14.8 Å². The summed E-state index contributed by atoms with van der Waals surface area (Å²) in [6.45, 7) is 0.991. The van der Waals surface area contributed by atoms with Gasteiger partial charge in [-0.2, -0.15) is 5.26 Å². The Kier molecular flexibility index (Phi) is 6.27. The van der Waals surface area contributed by atoms with Gasteiger partial charge in [0.2, 0.25) is 0 Å². The van der Waals surface area contributed by atoms with Crippen molar-refractivity contribution in [2.24, 2.45) is 11.1 Å². The van der Waals surface area contributed by atoms with Crippen LogP contribution in [-0.2, 0) is 13.0 Å². The van der Waals surface area contributed by atoms with Gasteiger partial charge in [-0.25, -0.2) is 19.3 Å². The predicted octanol–water partition coefficient (Wildman–Crippen LogP) is 3.60. The van der Waals surface area contributed by atoms with Gasteiger partial charge in [-0.15, -0.1) is 0 Å². The van der Waals surface area contributed by atoms with Crippen LogP contribution < -0.4 is 16.4 Å². The molecule has 35 heavy (non-hydrogen) atoms. The number of benzene rings is 1. The third-order valence-electron chi connectivity index (χ3n) is 7.02. The molecular formula is C24H23ClFN7OS. The van der Waals surface area contributed by atoms with Crippen molar-refractivity contribution in [1.29, 1.82) is 5.26 Å². The normalized spacial score (nSPS) is 18.5. The molecule has 0 amide bonds. The van der Waals surface area contributed by atoms with Crippen LogP contribution in [0.5, 0.6) is 0 Å². The van der Waals surface area contributed by atoms with Crippen molar-refractivity contribution in [3.8, 4) is 6.07 Å². The second-order valence-corrected chi connectivity index (χ2v) is 10.3. The molecule has 11 heteroatoms. The zero-order valence-electron chi connectivity index (χ0n) is 18.7. The average Bonchev–Trinajstić information content (AvgIpc) is 3.15. The number of nitriles is 1. The van der Waals surface area contributed by atoms with Crippen molar-refractivity contribution >= 4 is 35.0 Å². The first-order valence-electron chi connectivity index (χ1n) is 11.1. The van der Waals surface area contributed by atoms with E-state index in [2.05, 4.69) is 25.9 Å². The summed E-state index contributed by atoms with van der Waals surface area (Å²) in [7, 11) is 0. The maximum atomic E-state index is 14.6. The SMILES string of the molecule is N#Cc1ccc(F)c2c1[C@@H](N)C1(CCN(c3ncc(Sc4ccnc(N)c4Cl)nc3CO)CC1)C2. The molecule has 1 fully saturated rings. The first kappa shape index (κ1) is 23.8. The lowest BCUT2D eigenvalue weighted by molar-refractivity contribution is 0.186. The molecule has 0 unspecified atom stereocenters. The fourth-order valence-electron chi connectivity index (χ4n) is 5.15. The van der Waals surface area contributed by atoms with Crippen LogP contribution in [0.2, 0.25) is 5.02 Å². The Hall–Kier alpha value is -2.97. The Labute approximate surface area is 211 Å². The highest BCUT2D eigenvalue weighted by molar-refractivity contribution is 7.99. The van der Waals surface area contributed by atoms with Crippen LogP contribution in [0.15, 0.2) is 40.5 Å². The van der Waals surface area contributed by atoms with E-state index in [0.717, 1.165) is 0 Å². The number of halogens is 2. The number of rotatable bonds is 4. The number of nitrogen functional groups attached to an aromatic ring is 1. The number of nitrogens with zero attached hydrogens (tertiary/aromatic N) is 5. The van der Waals surface area contributed by atoms with E-state index in [-0.39, 0.29) is 23.7 Å². The van der Waals surface area contributed by atoms with Crippen molar-refractivity contribution in [3.05, 3.63) is 63.8 Å². The summed E-state index contributed by atoms with van der Waals surface area (Å²) in [5.41, 5.74) is 14.2.